The number of hydrogen-bond donors (Lipinski definition) is 0. The van der Waals surface area contributed by atoms with Crippen LogP contribution in [0.2, 0.25) is 0 Å². The van der Waals surface area contributed by atoms with Crippen molar-refractivity contribution in [3.8, 4) is 5.75 Å². The van der Waals surface area contributed by atoms with Crippen LogP contribution in [0.4, 0.5) is 13.2 Å². The third-order valence-electron chi connectivity index (χ3n) is 2.35. The molecule has 0 aliphatic rings. The number of ketones is 1. The van der Waals surface area contributed by atoms with Gasteiger partial charge in [0.05, 0.1) is 17.5 Å². The maximum absolute atomic E-state index is 12.0. The summed E-state index contributed by atoms with van der Waals surface area (Å²) in [6.45, 7) is 2.50. The molecule has 1 rings (SSSR count). The van der Waals surface area contributed by atoms with Gasteiger partial charge < -0.3 is 4.74 Å². The first-order chi connectivity index (χ1) is 8.83. The predicted octanol–water partition coefficient (Wildman–Crippen LogP) is 4.76. The summed E-state index contributed by atoms with van der Waals surface area (Å²) < 4.78 is 42.1. The monoisotopic (exact) mass is 338 g/mol. The zero-order chi connectivity index (χ0) is 14.5. The highest BCUT2D eigenvalue weighted by molar-refractivity contribution is 9.10. The molecular formula is C13H14BrF3O2. The second-order valence-corrected chi connectivity index (χ2v) is 4.89. The summed E-state index contributed by atoms with van der Waals surface area (Å²) in [6.07, 6.45) is -5.10. The fourth-order valence-electron chi connectivity index (χ4n) is 1.40. The van der Waals surface area contributed by atoms with Crippen LogP contribution in [0, 0.1) is 0 Å². The molecule has 6 heteroatoms. The zero-order valence-electron chi connectivity index (χ0n) is 10.4. The molecule has 1 aromatic rings. The molecule has 0 amide bonds. The van der Waals surface area contributed by atoms with Crippen LogP contribution in [0.5, 0.6) is 5.75 Å². The smallest absolute Gasteiger partial charge is 0.389 e. The number of carbonyl (C=O) groups is 1. The lowest BCUT2D eigenvalue weighted by molar-refractivity contribution is -0.133. The Labute approximate surface area is 118 Å². The van der Waals surface area contributed by atoms with E-state index < -0.39 is 24.8 Å². The lowest BCUT2D eigenvalue weighted by atomic mass is 10.1. The van der Waals surface area contributed by atoms with Crippen LogP contribution in [0.25, 0.3) is 0 Å². The summed E-state index contributed by atoms with van der Waals surface area (Å²) in [5.41, 5.74) is 0.250. The second-order valence-electron chi connectivity index (χ2n) is 4.03. The number of rotatable bonds is 6. The molecule has 0 saturated heterocycles. The molecule has 19 heavy (non-hydrogen) atoms. The van der Waals surface area contributed by atoms with Gasteiger partial charge in [-0.1, -0.05) is 6.92 Å². The Morgan fingerprint density at radius 1 is 1.37 bits per heavy atom. The minimum atomic E-state index is -4.31. The van der Waals surface area contributed by atoms with E-state index in [1.54, 1.807) is 6.07 Å². The van der Waals surface area contributed by atoms with Gasteiger partial charge in [-0.2, -0.15) is 13.2 Å². The molecule has 0 N–H and O–H groups in total. The summed E-state index contributed by atoms with van der Waals surface area (Å²) in [7, 11) is 0. The molecule has 2 nitrogen and oxygen atoms in total. The molecule has 0 aromatic heterocycles. The minimum absolute atomic E-state index is 0.250. The molecule has 0 heterocycles. The highest BCUT2D eigenvalue weighted by atomic mass is 79.9. The first-order valence-electron chi connectivity index (χ1n) is 5.86. The van der Waals surface area contributed by atoms with Crippen molar-refractivity contribution in [1.29, 1.82) is 0 Å². The SMILES string of the molecule is CCCOc1ccc(C(=O)CCC(F)(F)F)cc1Br. The Morgan fingerprint density at radius 3 is 2.58 bits per heavy atom. The quantitative estimate of drug-likeness (QED) is 0.699. The van der Waals surface area contributed by atoms with Gasteiger partial charge in [0, 0.05) is 12.0 Å². The van der Waals surface area contributed by atoms with Gasteiger partial charge in [-0.3, -0.25) is 4.79 Å². The van der Waals surface area contributed by atoms with E-state index in [-0.39, 0.29) is 5.56 Å². The average molecular weight is 339 g/mol. The molecule has 0 bridgehead atoms. The van der Waals surface area contributed by atoms with Gasteiger partial charge >= 0.3 is 6.18 Å². The highest BCUT2D eigenvalue weighted by Gasteiger charge is 2.28. The Kier molecular flexibility index (Phi) is 5.85. The van der Waals surface area contributed by atoms with Crippen LogP contribution >= 0.6 is 15.9 Å². The van der Waals surface area contributed by atoms with E-state index in [9.17, 15) is 18.0 Å². The molecule has 0 saturated carbocycles. The van der Waals surface area contributed by atoms with Gasteiger partial charge in [0.2, 0.25) is 0 Å². The second kappa shape index (κ2) is 6.93. The van der Waals surface area contributed by atoms with Gasteiger partial charge in [0.15, 0.2) is 5.78 Å². The molecule has 0 unspecified atom stereocenters. The number of Topliss-reactive ketones (excluding diaryl/α,β-unsaturated/α-hetero) is 1. The Bertz CT molecular complexity index is 444. The van der Waals surface area contributed by atoms with Crippen molar-refractivity contribution in [2.75, 3.05) is 6.61 Å². The van der Waals surface area contributed by atoms with E-state index in [1.165, 1.54) is 12.1 Å². The van der Waals surface area contributed by atoms with E-state index in [1.807, 2.05) is 6.92 Å². The summed E-state index contributed by atoms with van der Waals surface area (Å²) in [4.78, 5) is 11.6. The van der Waals surface area contributed by atoms with Crippen molar-refractivity contribution >= 4 is 21.7 Å². The molecule has 0 spiro atoms. The van der Waals surface area contributed by atoms with E-state index >= 15 is 0 Å². The third kappa shape index (κ3) is 5.63. The third-order valence-corrected chi connectivity index (χ3v) is 2.97. The van der Waals surface area contributed by atoms with Crippen LogP contribution in [0.1, 0.15) is 36.5 Å². The van der Waals surface area contributed by atoms with Crippen molar-refractivity contribution in [2.45, 2.75) is 32.4 Å². The largest absolute Gasteiger partial charge is 0.492 e. The van der Waals surface area contributed by atoms with Gasteiger partial charge in [-0.15, -0.1) is 0 Å². The lowest BCUT2D eigenvalue weighted by Crippen LogP contribution is -2.11. The number of alkyl halides is 3. The maximum Gasteiger partial charge on any atom is 0.389 e. The van der Waals surface area contributed by atoms with Gasteiger partial charge in [-0.05, 0) is 40.5 Å². The Hall–Kier alpha value is -1.04. The number of hydrogen-bond acceptors (Lipinski definition) is 2. The Balaban J connectivity index is 2.69. The molecule has 0 fully saturated rings. The summed E-state index contributed by atoms with van der Waals surface area (Å²) in [5, 5.41) is 0. The molecule has 0 aliphatic carbocycles. The molecule has 0 atom stereocenters. The number of carbonyl (C=O) groups excluding carboxylic acids is 1. The molecule has 0 radical (unpaired) electrons. The number of ether oxygens (including phenoxy) is 1. The van der Waals surface area contributed by atoms with Crippen LogP contribution in [0.15, 0.2) is 22.7 Å². The normalized spacial score (nSPS) is 11.4. The van der Waals surface area contributed by atoms with E-state index in [0.717, 1.165) is 6.42 Å². The van der Waals surface area contributed by atoms with Crippen molar-refractivity contribution < 1.29 is 22.7 Å². The fourth-order valence-corrected chi connectivity index (χ4v) is 1.90. The topological polar surface area (TPSA) is 26.3 Å². The summed E-state index contributed by atoms with van der Waals surface area (Å²) >= 11 is 3.24. The molecular weight excluding hydrogens is 325 g/mol. The molecule has 106 valence electrons. The van der Waals surface area contributed by atoms with Crippen LogP contribution < -0.4 is 4.74 Å². The van der Waals surface area contributed by atoms with E-state index in [4.69, 9.17) is 4.74 Å². The fraction of sp³-hybridized carbons (Fsp3) is 0.462. The van der Waals surface area contributed by atoms with Gasteiger partial charge in [0.1, 0.15) is 5.75 Å². The summed E-state index contributed by atoms with van der Waals surface area (Å²) in [6, 6.07) is 4.55. The highest BCUT2D eigenvalue weighted by Crippen LogP contribution is 2.28. The standard InChI is InChI=1S/C13H14BrF3O2/c1-2-7-19-12-4-3-9(8-10(12)14)11(18)5-6-13(15,16)17/h3-4,8H,2,5-7H2,1H3. The van der Waals surface area contributed by atoms with E-state index in [0.29, 0.717) is 16.8 Å². The minimum Gasteiger partial charge on any atom is -0.492 e. The van der Waals surface area contributed by atoms with Gasteiger partial charge in [-0.25, -0.2) is 0 Å². The van der Waals surface area contributed by atoms with Gasteiger partial charge in [0.25, 0.3) is 0 Å². The lowest BCUT2D eigenvalue weighted by Gasteiger charge is -2.09. The Morgan fingerprint density at radius 2 is 2.05 bits per heavy atom. The maximum atomic E-state index is 12.0. The zero-order valence-corrected chi connectivity index (χ0v) is 12.0. The van der Waals surface area contributed by atoms with Crippen molar-refractivity contribution in [3.63, 3.8) is 0 Å². The number of halogens is 4. The first-order valence-corrected chi connectivity index (χ1v) is 6.65. The van der Waals surface area contributed by atoms with E-state index in [2.05, 4.69) is 15.9 Å². The molecule has 1 aromatic carbocycles. The number of benzene rings is 1. The predicted molar refractivity (Wildman–Crippen MR) is 69.5 cm³/mol. The van der Waals surface area contributed by atoms with Crippen molar-refractivity contribution in [3.05, 3.63) is 28.2 Å². The van der Waals surface area contributed by atoms with Crippen molar-refractivity contribution in [1.82, 2.24) is 0 Å². The van der Waals surface area contributed by atoms with Crippen molar-refractivity contribution in [2.24, 2.45) is 0 Å². The summed E-state index contributed by atoms with van der Waals surface area (Å²) in [5.74, 6) is 0.0503. The van der Waals surface area contributed by atoms with Crippen LogP contribution in [-0.4, -0.2) is 18.6 Å². The first kappa shape index (κ1) is 16.0. The molecule has 0 aliphatic heterocycles. The van der Waals surface area contributed by atoms with Crippen LogP contribution in [0.3, 0.4) is 0 Å². The average Bonchev–Trinajstić information content (AvgIpc) is 2.33. The van der Waals surface area contributed by atoms with Crippen LogP contribution in [-0.2, 0) is 0 Å².